The smallest absolute Gasteiger partial charge is 0.412 e. The molecule has 0 radical (unpaired) electrons. The summed E-state index contributed by atoms with van der Waals surface area (Å²) in [6.07, 6.45) is -0.468. The van der Waals surface area contributed by atoms with Crippen LogP contribution in [0.3, 0.4) is 0 Å². The normalized spacial score (nSPS) is 10.1. The number of benzene rings is 1. The number of aryl methyl sites for hydroxylation is 1. The first kappa shape index (κ1) is 14.7. The molecule has 0 saturated heterocycles. The molecule has 1 heterocycles. The largest absolute Gasteiger partial charge is 0.465 e. The van der Waals surface area contributed by atoms with Crippen molar-refractivity contribution < 1.29 is 9.90 Å². The van der Waals surface area contributed by atoms with Gasteiger partial charge in [-0.3, -0.25) is 4.90 Å². The van der Waals surface area contributed by atoms with Gasteiger partial charge in [0.1, 0.15) is 11.9 Å². The van der Waals surface area contributed by atoms with Gasteiger partial charge in [-0.15, -0.1) is 0 Å². The van der Waals surface area contributed by atoms with Crippen molar-refractivity contribution in [3.8, 4) is 6.07 Å². The molecule has 1 amide bonds. The molecule has 5 nitrogen and oxygen atoms in total. The zero-order valence-corrected chi connectivity index (χ0v) is 12.1. The first-order valence-electron chi connectivity index (χ1n) is 6.74. The number of rotatable bonds is 4. The minimum Gasteiger partial charge on any atom is -0.465 e. The van der Waals surface area contributed by atoms with Crippen LogP contribution < -0.4 is 4.90 Å². The van der Waals surface area contributed by atoms with Gasteiger partial charge in [0.05, 0.1) is 5.56 Å². The number of nitrogens with zero attached hydrogens (tertiary/aromatic N) is 2. The Bertz CT molecular complexity index is 684. The number of anilines is 1. The summed E-state index contributed by atoms with van der Waals surface area (Å²) in [7, 11) is 0. The molecule has 0 aliphatic rings. The zero-order chi connectivity index (χ0) is 15.4. The molecule has 0 fully saturated rings. The number of amides is 1. The monoisotopic (exact) mass is 283 g/mol. The van der Waals surface area contributed by atoms with Crippen molar-refractivity contribution in [3.05, 3.63) is 52.7 Å². The van der Waals surface area contributed by atoms with Gasteiger partial charge in [0.15, 0.2) is 0 Å². The Labute approximate surface area is 123 Å². The molecule has 2 N–H and O–H groups in total. The van der Waals surface area contributed by atoms with E-state index in [1.54, 1.807) is 6.92 Å². The number of aromatic amines is 1. The molecule has 5 heteroatoms. The third-order valence-corrected chi connectivity index (χ3v) is 3.45. The predicted octanol–water partition coefficient (Wildman–Crippen LogP) is 3.29. The lowest BCUT2D eigenvalue weighted by Crippen LogP contribution is -2.29. The first-order valence-corrected chi connectivity index (χ1v) is 6.74. The maximum absolute atomic E-state index is 11.3. The molecule has 2 aromatic rings. The highest BCUT2D eigenvalue weighted by atomic mass is 16.4. The van der Waals surface area contributed by atoms with Crippen LogP contribution >= 0.6 is 0 Å². The maximum atomic E-state index is 11.3. The van der Waals surface area contributed by atoms with E-state index in [9.17, 15) is 15.2 Å². The standard InChI is InChI=1S/C16H17N3O2/c1-3-19(16(20)21)15-14(10-17)13(11(2)18-15)9-12-7-5-4-6-8-12/h4-8,18H,3,9H2,1-2H3,(H,20,21). The van der Waals surface area contributed by atoms with Gasteiger partial charge in [0.25, 0.3) is 0 Å². The molecular weight excluding hydrogens is 266 g/mol. The van der Waals surface area contributed by atoms with Gasteiger partial charge in [-0.2, -0.15) is 5.26 Å². The van der Waals surface area contributed by atoms with Gasteiger partial charge < -0.3 is 10.1 Å². The second-order valence-electron chi connectivity index (χ2n) is 4.75. The van der Waals surface area contributed by atoms with Crippen LogP contribution in [0.1, 0.15) is 29.3 Å². The van der Waals surface area contributed by atoms with E-state index < -0.39 is 6.09 Å². The fourth-order valence-corrected chi connectivity index (χ4v) is 2.38. The molecule has 0 aliphatic carbocycles. The highest BCUT2D eigenvalue weighted by molar-refractivity contribution is 5.87. The summed E-state index contributed by atoms with van der Waals surface area (Å²) in [6.45, 7) is 3.88. The molecule has 21 heavy (non-hydrogen) atoms. The van der Waals surface area contributed by atoms with Crippen molar-refractivity contribution in [3.63, 3.8) is 0 Å². The summed E-state index contributed by atoms with van der Waals surface area (Å²) in [5.41, 5.74) is 3.16. The topological polar surface area (TPSA) is 80.1 Å². The minimum atomic E-state index is -1.07. The molecule has 0 atom stereocenters. The highest BCUT2D eigenvalue weighted by Gasteiger charge is 2.22. The summed E-state index contributed by atoms with van der Waals surface area (Å²) >= 11 is 0. The van der Waals surface area contributed by atoms with E-state index in [0.717, 1.165) is 21.7 Å². The van der Waals surface area contributed by atoms with Gasteiger partial charge in [-0.05, 0) is 25.0 Å². The van der Waals surface area contributed by atoms with Crippen molar-refractivity contribution in [1.29, 1.82) is 5.26 Å². The third kappa shape index (κ3) is 2.90. The molecular formula is C16H17N3O2. The van der Waals surface area contributed by atoms with Crippen LogP contribution in [0.15, 0.2) is 30.3 Å². The Morgan fingerprint density at radius 1 is 1.38 bits per heavy atom. The lowest BCUT2D eigenvalue weighted by molar-refractivity contribution is 0.202. The molecule has 0 spiro atoms. The van der Waals surface area contributed by atoms with Gasteiger partial charge in [0, 0.05) is 18.7 Å². The van der Waals surface area contributed by atoms with E-state index in [-0.39, 0.29) is 6.54 Å². The number of hydrogen-bond donors (Lipinski definition) is 2. The number of nitrogens with one attached hydrogen (secondary N) is 1. The lowest BCUT2D eigenvalue weighted by atomic mass is 10.0. The van der Waals surface area contributed by atoms with E-state index in [0.29, 0.717) is 17.8 Å². The zero-order valence-electron chi connectivity index (χ0n) is 12.1. The quantitative estimate of drug-likeness (QED) is 0.903. The number of nitriles is 1. The third-order valence-electron chi connectivity index (χ3n) is 3.45. The molecule has 0 unspecified atom stereocenters. The SMILES string of the molecule is CCN(C(=O)O)c1[nH]c(C)c(Cc2ccccc2)c1C#N. The van der Waals surface area contributed by atoms with E-state index in [4.69, 9.17) is 0 Å². The summed E-state index contributed by atoms with van der Waals surface area (Å²) in [5.74, 6) is 0.357. The van der Waals surface area contributed by atoms with Gasteiger partial charge >= 0.3 is 6.09 Å². The summed E-state index contributed by atoms with van der Waals surface area (Å²) in [6, 6.07) is 11.9. The van der Waals surface area contributed by atoms with Crippen LogP contribution in [-0.2, 0) is 6.42 Å². The Morgan fingerprint density at radius 2 is 2.05 bits per heavy atom. The molecule has 1 aromatic carbocycles. The highest BCUT2D eigenvalue weighted by Crippen LogP contribution is 2.27. The van der Waals surface area contributed by atoms with Gasteiger partial charge in [-0.1, -0.05) is 30.3 Å². The molecule has 108 valence electrons. The van der Waals surface area contributed by atoms with Crippen LogP contribution in [0.4, 0.5) is 10.6 Å². The Balaban J connectivity index is 2.46. The van der Waals surface area contributed by atoms with Gasteiger partial charge in [-0.25, -0.2) is 4.79 Å². The fraction of sp³-hybridized carbons (Fsp3) is 0.250. The molecule has 2 rings (SSSR count). The number of carboxylic acid groups (broad SMARTS) is 1. The van der Waals surface area contributed by atoms with E-state index in [1.165, 1.54) is 0 Å². The van der Waals surface area contributed by atoms with E-state index in [2.05, 4.69) is 11.1 Å². The summed E-state index contributed by atoms with van der Waals surface area (Å²) in [5, 5.41) is 18.7. The van der Waals surface area contributed by atoms with Crippen molar-refractivity contribution in [2.24, 2.45) is 0 Å². The molecule has 0 bridgehead atoms. The van der Waals surface area contributed by atoms with Crippen LogP contribution in [0.25, 0.3) is 0 Å². The predicted molar refractivity (Wildman–Crippen MR) is 80.5 cm³/mol. The number of hydrogen-bond acceptors (Lipinski definition) is 2. The Hall–Kier alpha value is -2.74. The Morgan fingerprint density at radius 3 is 2.57 bits per heavy atom. The fourth-order valence-electron chi connectivity index (χ4n) is 2.38. The minimum absolute atomic E-state index is 0.286. The van der Waals surface area contributed by atoms with E-state index in [1.807, 2.05) is 37.3 Å². The first-order chi connectivity index (χ1) is 10.1. The number of carbonyl (C=O) groups is 1. The molecule has 0 aliphatic heterocycles. The second kappa shape index (κ2) is 6.14. The van der Waals surface area contributed by atoms with Gasteiger partial charge in [0.2, 0.25) is 0 Å². The molecule has 1 aromatic heterocycles. The van der Waals surface area contributed by atoms with Crippen molar-refractivity contribution in [1.82, 2.24) is 4.98 Å². The van der Waals surface area contributed by atoms with Crippen LogP contribution in [-0.4, -0.2) is 22.7 Å². The van der Waals surface area contributed by atoms with Crippen LogP contribution in [0.5, 0.6) is 0 Å². The van der Waals surface area contributed by atoms with Crippen LogP contribution in [0, 0.1) is 18.3 Å². The average molecular weight is 283 g/mol. The average Bonchev–Trinajstić information content (AvgIpc) is 2.77. The summed E-state index contributed by atoms with van der Waals surface area (Å²) < 4.78 is 0. The number of aromatic nitrogens is 1. The van der Waals surface area contributed by atoms with E-state index >= 15 is 0 Å². The maximum Gasteiger partial charge on any atom is 0.412 e. The Kier molecular flexibility index (Phi) is 4.29. The molecule has 0 saturated carbocycles. The summed E-state index contributed by atoms with van der Waals surface area (Å²) in [4.78, 5) is 15.5. The van der Waals surface area contributed by atoms with Crippen molar-refractivity contribution >= 4 is 11.9 Å². The van der Waals surface area contributed by atoms with Crippen molar-refractivity contribution in [2.45, 2.75) is 20.3 Å². The van der Waals surface area contributed by atoms with Crippen molar-refractivity contribution in [2.75, 3.05) is 11.4 Å². The lowest BCUT2D eigenvalue weighted by Gasteiger charge is -2.15. The number of H-pyrrole nitrogens is 1. The van der Waals surface area contributed by atoms with Crippen LogP contribution in [0.2, 0.25) is 0 Å². The second-order valence-corrected chi connectivity index (χ2v) is 4.75.